The van der Waals surface area contributed by atoms with Crippen molar-refractivity contribution in [3.05, 3.63) is 89.8 Å². The molecule has 0 unspecified atom stereocenters. The van der Waals surface area contributed by atoms with E-state index >= 15 is 0 Å². The van der Waals surface area contributed by atoms with Crippen LogP contribution in [0.4, 0.5) is 11.5 Å². The summed E-state index contributed by atoms with van der Waals surface area (Å²) >= 11 is 1.51. The van der Waals surface area contributed by atoms with Crippen molar-refractivity contribution in [3.63, 3.8) is 0 Å². The zero-order valence-corrected chi connectivity index (χ0v) is 22.3. The number of thiazole rings is 1. The van der Waals surface area contributed by atoms with Crippen LogP contribution in [-0.2, 0) is 23.0 Å². The first kappa shape index (κ1) is 25.7. The topological polar surface area (TPSA) is 119 Å². The normalized spacial score (nSPS) is 11.5. The van der Waals surface area contributed by atoms with Gasteiger partial charge in [0.05, 0.1) is 23.2 Å². The summed E-state index contributed by atoms with van der Waals surface area (Å²) in [5, 5.41) is 8.10. The molecule has 0 aliphatic rings. The second-order valence-electron chi connectivity index (χ2n) is 8.67. The van der Waals surface area contributed by atoms with Gasteiger partial charge in [-0.2, -0.15) is 0 Å². The molecule has 11 heteroatoms. The minimum Gasteiger partial charge on any atom is -0.489 e. The molecule has 2 N–H and O–H groups in total. The van der Waals surface area contributed by atoms with E-state index in [1.54, 1.807) is 12.4 Å². The zero-order valence-electron chi connectivity index (χ0n) is 20.7. The summed E-state index contributed by atoms with van der Waals surface area (Å²) in [4.78, 5) is 18.8. The van der Waals surface area contributed by atoms with Gasteiger partial charge in [-0.1, -0.05) is 30.3 Å². The monoisotopic (exact) mass is 546 g/mol. The van der Waals surface area contributed by atoms with Gasteiger partial charge in [-0.05, 0) is 35.9 Å². The lowest BCUT2D eigenvalue weighted by molar-refractivity contribution is 0.306. The first-order valence-electron chi connectivity index (χ1n) is 11.9. The molecule has 0 amide bonds. The number of hydrogen-bond acceptors (Lipinski definition) is 10. The molecule has 0 saturated heterocycles. The van der Waals surface area contributed by atoms with Gasteiger partial charge >= 0.3 is 0 Å². The Morgan fingerprint density at radius 1 is 0.947 bits per heavy atom. The fraction of sp³-hybridized carbons (Fsp3) is 0.185. The Kier molecular flexibility index (Phi) is 7.87. The van der Waals surface area contributed by atoms with Crippen LogP contribution in [0.2, 0.25) is 0 Å². The fourth-order valence-electron chi connectivity index (χ4n) is 3.66. The summed E-state index contributed by atoms with van der Waals surface area (Å²) in [5.74, 6) is 1.55. The third kappa shape index (κ3) is 6.88. The maximum atomic E-state index is 11.3. The van der Waals surface area contributed by atoms with Gasteiger partial charge in [0, 0.05) is 41.5 Å². The number of fused-ring (bicyclic) bond motifs is 1. The number of nitrogens with one attached hydrogen (secondary N) is 2. The van der Waals surface area contributed by atoms with E-state index < -0.39 is 9.84 Å². The third-order valence-electron chi connectivity index (χ3n) is 5.61. The van der Waals surface area contributed by atoms with E-state index in [2.05, 4.69) is 30.6 Å². The molecule has 0 bridgehead atoms. The lowest BCUT2D eigenvalue weighted by atomic mass is 10.2. The van der Waals surface area contributed by atoms with Crippen molar-refractivity contribution in [2.45, 2.75) is 13.2 Å². The summed E-state index contributed by atoms with van der Waals surface area (Å²) in [5.41, 5.74) is 3.41. The Morgan fingerprint density at radius 2 is 1.76 bits per heavy atom. The highest BCUT2D eigenvalue weighted by molar-refractivity contribution is 7.90. The summed E-state index contributed by atoms with van der Waals surface area (Å²) in [6.45, 7) is 1.45. The summed E-state index contributed by atoms with van der Waals surface area (Å²) < 4.78 is 28.5. The number of nitrogens with zero attached hydrogens (tertiary/aromatic N) is 4. The predicted octanol–water partition coefficient (Wildman–Crippen LogP) is 4.61. The maximum Gasteiger partial charge on any atom is 0.148 e. The number of benzene rings is 2. The van der Waals surface area contributed by atoms with Crippen LogP contribution < -0.4 is 15.4 Å². The van der Waals surface area contributed by atoms with Crippen LogP contribution in [0.1, 0.15) is 10.4 Å². The number of sulfone groups is 1. The van der Waals surface area contributed by atoms with E-state index in [1.807, 2.05) is 60.7 Å². The SMILES string of the molecule is CS(=O)(=O)CCNCc1cnc(-c2cc3c(Nc4ccc(OCc5ccccc5)cc4)ncnc3cn2)s1. The van der Waals surface area contributed by atoms with Crippen molar-refractivity contribution in [2.75, 3.05) is 23.9 Å². The molecule has 0 saturated carbocycles. The maximum absolute atomic E-state index is 11.3. The van der Waals surface area contributed by atoms with Crippen molar-refractivity contribution in [1.82, 2.24) is 25.3 Å². The first-order chi connectivity index (χ1) is 18.4. The van der Waals surface area contributed by atoms with Crippen LogP contribution in [0.3, 0.4) is 0 Å². The molecule has 38 heavy (non-hydrogen) atoms. The number of rotatable bonds is 11. The van der Waals surface area contributed by atoms with Crippen molar-refractivity contribution < 1.29 is 13.2 Å². The molecule has 0 atom stereocenters. The Hall–Kier alpha value is -3.93. The van der Waals surface area contributed by atoms with Gasteiger partial charge in [0.1, 0.15) is 39.3 Å². The van der Waals surface area contributed by atoms with E-state index in [1.165, 1.54) is 23.9 Å². The zero-order chi connectivity index (χ0) is 26.4. The Labute approximate surface area is 224 Å². The summed E-state index contributed by atoms with van der Waals surface area (Å²) in [6.07, 6.45) is 6.23. The smallest absolute Gasteiger partial charge is 0.148 e. The molecule has 9 nitrogen and oxygen atoms in total. The van der Waals surface area contributed by atoms with Gasteiger partial charge in [0.15, 0.2) is 0 Å². The van der Waals surface area contributed by atoms with Crippen molar-refractivity contribution in [2.24, 2.45) is 0 Å². The lowest BCUT2D eigenvalue weighted by Gasteiger charge is -2.10. The standard InChI is InChI=1S/C27H26N6O3S2/c1-38(34,35)12-11-28-14-22-15-30-27(37-22)24-13-23-25(16-29-24)31-18-32-26(23)33-20-7-9-21(10-8-20)36-17-19-5-3-2-4-6-19/h2-10,13,15-16,18,28H,11-12,14,17H2,1H3,(H,31,32,33). The first-order valence-corrected chi connectivity index (χ1v) is 14.8. The number of anilines is 2. The lowest BCUT2D eigenvalue weighted by Crippen LogP contribution is -2.21. The van der Waals surface area contributed by atoms with Gasteiger partial charge in [-0.3, -0.25) is 4.98 Å². The molecule has 0 radical (unpaired) electrons. The average molecular weight is 547 g/mol. The Morgan fingerprint density at radius 3 is 2.55 bits per heavy atom. The summed E-state index contributed by atoms with van der Waals surface area (Å²) in [6, 6.07) is 19.7. The van der Waals surface area contributed by atoms with Crippen LogP contribution >= 0.6 is 11.3 Å². The molecule has 0 aliphatic heterocycles. The number of hydrogen-bond donors (Lipinski definition) is 2. The second kappa shape index (κ2) is 11.6. The third-order valence-corrected chi connectivity index (χ3v) is 7.57. The highest BCUT2D eigenvalue weighted by Gasteiger charge is 2.11. The largest absolute Gasteiger partial charge is 0.489 e. The van der Waals surface area contributed by atoms with Crippen molar-refractivity contribution in [1.29, 1.82) is 0 Å². The van der Waals surface area contributed by atoms with E-state index in [-0.39, 0.29) is 5.75 Å². The van der Waals surface area contributed by atoms with Crippen LogP contribution in [0.5, 0.6) is 5.75 Å². The molecule has 0 spiro atoms. The number of aromatic nitrogens is 4. The van der Waals surface area contributed by atoms with Gasteiger partial charge < -0.3 is 15.4 Å². The van der Waals surface area contributed by atoms with Gasteiger partial charge in [-0.15, -0.1) is 11.3 Å². The van der Waals surface area contributed by atoms with Crippen molar-refractivity contribution >= 4 is 43.6 Å². The number of pyridine rings is 1. The van der Waals surface area contributed by atoms with Crippen LogP contribution in [0, 0.1) is 0 Å². The molecule has 2 aromatic carbocycles. The summed E-state index contributed by atoms with van der Waals surface area (Å²) in [7, 11) is -2.99. The van der Waals surface area contributed by atoms with Crippen molar-refractivity contribution in [3.8, 4) is 16.5 Å². The molecular weight excluding hydrogens is 520 g/mol. The highest BCUT2D eigenvalue weighted by Crippen LogP contribution is 2.29. The quantitative estimate of drug-likeness (QED) is 0.229. The van der Waals surface area contributed by atoms with E-state index in [0.29, 0.717) is 36.7 Å². The van der Waals surface area contributed by atoms with E-state index in [4.69, 9.17) is 4.74 Å². The minimum absolute atomic E-state index is 0.101. The highest BCUT2D eigenvalue weighted by atomic mass is 32.2. The molecular formula is C27H26N6O3S2. The van der Waals surface area contributed by atoms with Gasteiger partial charge in [0.2, 0.25) is 0 Å². The molecule has 5 aromatic rings. The molecule has 0 aliphatic carbocycles. The van der Waals surface area contributed by atoms with Crippen LogP contribution in [0.15, 0.2) is 79.4 Å². The van der Waals surface area contributed by atoms with Crippen LogP contribution in [0.25, 0.3) is 21.6 Å². The van der Waals surface area contributed by atoms with Gasteiger partial charge in [0.25, 0.3) is 0 Å². The van der Waals surface area contributed by atoms with Gasteiger partial charge in [-0.25, -0.2) is 23.4 Å². The van der Waals surface area contributed by atoms with E-state index in [9.17, 15) is 8.42 Å². The molecule has 0 fully saturated rings. The predicted molar refractivity (Wildman–Crippen MR) is 150 cm³/mol. The Balaban J connectivity index is 1.27. The molecule has 5 rings (SSSR count). The molecule has 3 aromatic heterocycles. The molecule has 194 valence electrons. The van der Waals surface area contributed by atoms with E-state index in [0.717, 1.165) is 32.3 Å². The van der Waals surface area contributed by atoms with Crippen LogP contribution in [-0.4, -0.2) is 46.9 Å². The number of ether oxygens (including phenoxy) is 1. The average Bonchev–Trinajstić information content (AvgIpc) is 3.40. The minimum atomic E-state index is -2.99. The second-order valence-corrected chi connectivity index (χ2v) is 12.0. The Bertz CT molecular complexity index is 1620. The molecule has 3 heterocycles. The fourth-order valence-corrected chi connectivity index (χ4v) is 5.03.